The van der Waals surface area contributed by atoms with Crippen LogP contribution in [0.1, 0.15) is 65.2 Å². The molecule has 0 amide bonds. The summed E-state index contributed by atoms with van der Waals surface area (Å²) in [6, 6.07) is 29.8. The van der Waals surface area contributed by atoms with Crippen LogP contribution in [0.3, 0.4) is 0 Å². The van der Waals surface area contributed by atoms with Crippen LogP contribution in [-0.2, 0) is 26.4 Å². The molecule has 0 N–H and O–H groups in total. The van der Waals surface area contributed by atoms with E-state index in [1.807, 2.05) is 24.3 Å². The number of hydrogen-bond acceptors (Lipinski definition) is 10. The van der Waals surface area contributed by atoms with Gasteiger partial charge in [0.1, 0.15) is 61.6 Å². The van der Waals surface area contributed by atoms with E-state index in [1.54, 1.807) is 60.9 Å². The van der Waals surface area contributed by atoms with Crippen molar-refractivity contribution in [3.05, 3.63) is 165 Å². The summed E-state index contributed by atoms with van der Waals surface area (Å²) in [6.07, 6.45) is 7.63. The van der Waals surface area contributed by atoms with E-state index in [0.29, 0.717) is 56.4 Å². The fourth-order valence-electron chi connectivity index (χ4n) is 5.82. The van der Waals surface area contributed by atoms with E-state index in [1.165, 1.54) is 12.4 Å². The Morgan fingerprint density at radius 2 is 1.00 bits per heavy atom. The predicted octanol–water partition coefficient (Wildman–Crippen LogP) is 8.44. The van der Waals surface area contributed by atoms with Gasteiger partial charge in [-0.15, -0.1) is 0 Å². The van der Waals surface area contributed by atoms with Gasteiger partial charge in [-0.2, -0.15) is 10.5 Å². The molecule has 0 unspecified atom stereocenters. The number of nitriles is 2. The Bertz CT molecular complexity index is 2240. The molecule has 10 nitrogen and oxygen atoms in total. The summed E-state index contributed by atoms with van der Waals surface area (Å²) in [5.41, 5.74) is 9.26. The van der Waals surface area contributed by atoms with Crippen molar-refractivity contribution >= 4 is 12.6 Å². The highest BCUT2D eigenvalue weighted by Crippen LogP contribution is 2.33. The molecule has 0 spiro atoms. The van der Waals surface area contributed by atoms with Crippen LogP contribution in [0.4, 0.5) is 0 Å². The maximum absolute atomic E-state index is 11.7. The van der Waals surface area contributed by atoms with Gasteiger partial charge in [-0.05, 0) is 83.6 Å². The molecule has 0 saturated carbocycles. The van der Waals surface area contributed by atoms with Crippen LogP contribution >= 0.6 is 0 Å². The second kappa shape index (κ2) is 17.3. The number of pyridine rings is 2. The van der Waals surface area contributed by atoms with E-state index in [9.17, 15) is 9.59 Å². The number of aromatic nitrogens is 2. The first-order valence-electron chi connectivity index (χ1n) is 16.9. The number of hydrogen-bond donors (Lipinski definition) is 0. The third-order valence-corrected chi connectivity index (χ3v) is 8.83. The molecule has 0 aliphatic carbocycles. The summed E-state index contributed by atoms with van der Waals surface area (Å²) in [7, 11) is 0. The van der Waals surface area contributed by atoms with Gasteiger partial charge in [0, 0.05) is 48.0 Å². The van der Waals surface area contributed by atoms with Crippen molar-refractivity contribution in [1.82, 2.24) is 9.97 Å². The molecule has 0 bridgehead atoms. The zero-order valence-electron chi connectivity index (χ0n) is 29.6. The van der Waals surface area contributed by atoms with Gasteiger partial charge in [0.2, 0.25) is 0 Å². The minimum Gasteiger partial charge on any atom is -0.489 e. The molecular formula is C44H34N4O6. The molecule has 266 valence electrons. The van der Waals surface area contributed by atoms with E-state index in [4.69, 9.17) is 29.5 Å². The normalized spacial score (nSPS) is 10.4. The topological polar surface area (TPSA) is 144 Å². The minimum absolute atomic E-state index is 0.137. The maximum atomic E-state index is 11.7. The Labute approximate surface area is 312 Å². The Balaban J connectivity index is 1.13. The molecule has 6 aromatic rings. The molecule has 4 aromatic carbocycles. The van der Waals surface area contributed by atoms with Crippen molar-refractivity contribution in [2.24, 2.45) is 0 Å². The number of carbonyl (C=O) groups is 2. The average molecular weight is 715 g/mol. The van der Waals surface area contributed by atoms with E-state index in [2.05, 4.69) is 48.1 Å². The van der Waals surface area contributed by atoms with E-state index in [-0.39, 0.29) is 26.4 Å². The molecule has 0 fully saturated rings. The van der Waals surface area contributed by atoms with Gasteiger partial charge in [0.05, 0.1) is 22.3 Å². The highest BCUT2D eigenvalue weighted by molar-refractivity contribution is 5.80. The van der Waals surface area contributed by atoms with Crippen molar-refractivity contribution in [1.29, 1.82) is 10.5 Å². The molecule has 10 heteroatoms. The number of benzene rings is 4. The molecule has 0 radical (unpaired) electrons. The first kappa shape index (κ1) is 36.5. The van der Waals surface area contributed by atoms with Gasteiger partial charge in [0.15, 0.2) is 12.6 Å². The summed E-state index contributed by atoms with van der Waals surface area (Å²) in [5.74, 6) is 1.82. The van der Waals surface area contributed by atoms with Crippen molar-refractivity contribution in [2.75, 3.05) is 0 Å². The van der Waals surface area contributed by atoms with Crippen molar-refractivity contribution in [3.63, 3.8) is 0 Å². The van der Waals surface area contributed by atoms with Crippen molar-refractivity contribution in [2.45, 2.75) is 40.3 Å². The Hall–Kier alpha value is -7.30. The Morgan fingerprint density at radius 1 is 0.556 bits per heavy atom. The highest BCUT2D eigenvalue weighted by Gasteiger charge is 2.14. The summed E-state index contributed by atoms with van der Waals surface area (Å²) >= 11 is 0. The van der Waals surface area contributed by atoms with Gasteiger partial charge in [-0.3, -0.25) is 19.6 Å². The summed E-state index contributed by atoms with van der Waals surface area (Å²) in [6.45, 7) is 4.98. The van der Waals surface area contributed by atoms with Crippen molar-refractivity contribution < 1.29 is 28.5 Å². The fraction of sp³-hybridized carbons (Fsp3) is 0.136. The quantitative estimate of drug-likeness (QED) is 0.0950. The van der Waals surface area contributed by atoms with Gasteiger partial charge >= 0.3 is 0 Å². The summed E-state index contributed by atoms with van der Waals surface area (Å²) < 4.78 is 24.2. The smallest absolute Gasteiger partial charge is 0.153 e. The van der Waals surface area contributed by atoms with Crippen LogP contribution in [0.5, 0.6) is 23.0 Å². The molecule has 0 aliphatic rings. The number of nitrogens with zero attached hydrogens (tertiary/aromatic N) is 4. The van der Waals surface area contributed by atoms with Crippen LogP contribution in [0.25, 0.3) is 11.1 Å². The Morgan fingerprint density at radius 3 is 1.41 bits per heavy atom. The second-order valence-electron chi connectivity index (χ2n) is 12.4. The number of ether oxygens (including phenoxy) is 4. The first-order valence-corrected chi connectivity index (χ1v) is 16.9. The van der Waals surface area contributed by atoms with E-state index >= 15 is 0 Å². The third-order valence-electron chi connectivity index (χ3n) is 8.83. The largest absolute Gasteiger partial charge is 0.489 e. The summed E-state index contributed by atoms with van der Waals surface area (Å²) in [4.78, 5) is 31.6. The first-order chi connectivity index (χ1) is 26.4. The lowest BCUT2D eigenvalue weighted by molar-refractivity contribution is 0.111. The molecule has 2 aromatic heterocycles. The molecule has 54 heavy (non-hydrogen) atoms. The van der Waals surface area contributed by atoms with Gasteiger partial charge in [-0.1, -0.05) is 36.4 Å². The van der Waals surface area contributed by atoms with E-state index in [0.717, 1.165) is 46.0 Å². The lowest BCUT2D eigenvalue weighted by atomic mass is 9.92. The van der Waals surface area contributed by atoms with Crippen LogP contribution < -0.4 is 18.9 Å². The number of aldehydes is 2. The lowest BCUT2D eigenvalue weighted by Crippen LogP contribution is -2.03. The van der Waals surface area contributed by atoms with E-state index < -0.39 is 0 Å². The molecule has 6 rings (SSSR count). The van der Waals surface area contributed by atoms with Gasteiger partial charge < -0.3 is 18.9 Å². The molecule has 0 atom stereocenters. The number of carbonyl (C=O) groups excluding carboxylic acids is 2. The van der Waals surface area contributed by atoms with Crippen molar-refractivity contribution in [3.8, 4) is 46.3 Å². The molecule has 0 aliphatic heterocycles. The van der Waals surface area contributed by atoms with Crippen LogP contribution in [0.15, 0.2) is 110 Å². The lowest BCUT2D eigenvalue weighted by Gasteiger charge is -2.17. The van der Waals surface area contributed by atoms with Gasteiger partial charge in [0.25, 0.3) is 0 Å². The fourth-order valence-corrected chi connectivity index (χ4v) is 5.82. The zero-order valence-corrected chi connectivity index (χ0v) is 29.6. The average Bonchev–Trinajstić information content (AvgIpc) is 3.21. The number of rotatable bonds is 15. The van der Waals surface area contributed by atoms with Crippen LogP contribution in [-0.4, -0.2) is 22.5 Å². The Kier molecular flexibility index (Phi) is 11.7. The maximum Gasteiger partial charge on any atom is 0.153 e. The monoisotopic (exact) mass is 714 g/mol. The zero-order chi connectivity index (χ0) is 37.9. The standard InChI is InChI=1S/C44H34N4O6/c1-29-37(27-51-39-11-9-35(23-49)43(15-39)53-25-33-13-31(17-45)19-47-21-33)5-3-7-41(29)42-8-4-6-38(30(42)2)28-52-40-12-10-36(24-50)44(16-40)54-26-34-14-32(18-46)20-48-22-34/h3-16,19-24H,25-28H2,1-2H3. The second-order valence-corrected chi connectivity index (χ2v) is 12.4. The highest BCUT2D eigenvalue weighted by atomic mass is 16.5. The van der Waals surface area contributed by atoms with Crippen LogP contribution in [0.2, 0.25) is 0 Å². The third kappa shape index (κ3) is 8.76. The van der Waals surface area contributed by atoms with Gasteiger partial charge in [-0.25, -0.2) is 0 Å². The molecule has 0 saturated heterocycles. The summed E-state index contributed by atoms with van der Waals surface area (Å²) in [5, 5.41) is 18.3. The SMILES string of the molecule is Cc1c(COc2ccc(C=O)c(OCc3cncc(C#N)c3)c2)cccc1-c1cccc(COc2ccc(C=O)c(OCc3cncc(C#N)c3)c2)c1C. The molecule has 2 heterocycles. The van der Waals surface area contributed by atoms with Crippen LogP contribution in [0, 0.1) is 36.5 Å². The predicted molar refractivity (Wildman–Crippen MR) is 200 cm³/mol. The minimum atomic E-state index is 0.137. The molecular weight excluding hydrogens is 681 g/mol.